The average molecular weight is 542 g/mol. The van der Waals surface area contributed by atoms with Gasteiger partial charge >= 0.3 is 17.9 Å². The lowest BCUT2D eigenvalue weighted by Gasteiger charge is -2.36. The second-order valence-corrected chi connectivity index (χ2v) is 9.46. The van der Waals surface area contributed by atoms with Crippen molar-refractivity contribution in [1.82, 2.24) is 4.90 Å². The number of benzene rings is 3. The summed E-state index contributed by atoms with van der Waals surface area (Å²) in [4.78, 5) is 51.1. The Labute approximate surface area is 221 Å². The van der Waals surface area contributed by atoms with E-state index in [-0.39, 0.29) is 11.6 Å². The topological polar surface area (TPSA) is 132 Å². The summed E-state index contributed by atoms with van der Waals surface area (Å²) >= 11 is 12.2. The molecule has 0 bridgehead atoms. The third-order valence-electron chi connectivity index (χ3n) is 6.39. The maximum Gasteiger partial charge on any atom is 0.336 e. The number of amides is 1. The predicted molar refractivity (Wildman–Crippen MR) is 136 cm³/mol. The molecule has 1 aliphatic carbocycles. The molecule has 4 rings (SSSR count). The SMILES string of the molecule is O=C(O)c1cc(C(=O)O)c(C(=O)N(Cc2ccc(Cl)c(Cl)c2)[C@H]2CCCc3ccccc32)cc1C(=O)O. The van der Waals surface area contributed by atoms with Crippen molar-refractivity contribution in [2.75, 3.05) is 0 Å². The highest BCUT2D eigenvalue weighted by Crippen LogP contribution is 2.37. The minimum atomic E-state index is -1.62. The summed E-state index contributed by atoms with van der Waals surface area (Å²) in [6, 6.07) is 13.6. The van der Waals surface area contributed by atoms with Crippen molar-refractivity contribution in [3.05, 3.63) is 104 Å². The van der Waals surface area contributed by atoms with E-state index in [1.807, 2.05) is 24.3 Å². The first-order valence-corrected chi connectivity index (χ1v) is 12.0. The molecule has 1 atom stereocenters. The number of fused-ring (bicyclic) bond motifs is 1. The Kier molecular flexibility index (Phi) is 7.52. The van der Waals surface area contributed by atoms with Crippen LogP contribution in [0.2, 0.25) is 10.0 Å². The van der Waals surface area contributed by atoms with Gasteiger partial charge in [-0.05, 0) is 60.2 Å². The first-order valence-electron chi connectivity index (χ1n) is 11.3. The molecule has 8 nitrogen and oxygen atoms in total. The molecule has 1 amide bonds. The van der Waals surface area contributed by atoms with Crippen LogP contribution in [0.15, 0.2) is 54.6 Å². The molecule has 3 aromatic carbocycles. The number of nitrogens with zero attached hydrogens (tertiary/aromatic N) is 1. The van der Waals surface area contributed by atoms with Gasteiger partial charge in [-0.25, -0.2) is 14.4 Å². The molecule has 37 heavy (non-hydrogen) atoms. The monoisotopic (exact) mass is 541 g/mol. The van der Waals surface area contributed by atoms with Gasteiger partial charge in [-0.15, -0.1) is 0 Å². The van der Waals surface area contributed by atoms with Crippen LogP contribution in [0.3, 0.4) is 0 Å². The summed E-state index contributed by atoms with van der Waals surface area (Å²) in [7, 11) is 0. The number of carbonyl (C=O) groups is 4. The smallest absolute Gasteiger partial charge is 0.336 e. The molecule has 0 aromatic heterocycles. The molecule has 0 saturated heterocycles. The second-order valence-electron chi connectivity index (χ2n) is 8.65. The Morgan fingerprint density at radius 2 is 1.38 bits per heavy atom. The summed E-state index contributed by atoms with van der Waals surface area (Å²) in [5, 5.41) is 29.5. The zero-order chi connectivity index (χ0) is 26.9. The van der Waals surface area contributed by atoms with Gasteiger partial charge in [-0.3, -0.25) is 4.79 Å². The first kappa shape index (κ1) is 26.2. The highest BCUT2D eigenvalue weighted by molar-refractivity contribution is 6.42. The zero-order valence-corrected chi connectivity index (χ0v) is 20.8. The molecule has 0 heterocycles. The molecule has 1 aliphatic rings. The number of aryl methyl sites for hydroxylation is 1. The molecular formula is C27H21Cl2NO7. The van der Waals surface area contributed by atoms with E-state index in [0.717, 1.165) is 30.0 Å². The van der Waals surface area contributed by atoms with E-state index in [2.05, 4.69) is 0 Å². The molecule has 0 fully saturated rings. The Bertz CT molecular complexity index is 1440. The van der Waals surface area contributed by atoms with Crippen LogP contribution < -0.4 is 0 Å². The molecular weight excluding hydrogens is 521 g/mol. The third kappa shape index (κ3) is 5.30. The maximum absolute atomic E-state index is 14.1. The number of rotatable bonds is 7. The molecule has 0 spiro atoms. The molecule has 3 N–H and O–H groups in total. The van der Waals surface area contributed by atoms with E-state index in [0.29, 0.717) is 23.1 Å². The number of carboxylic acids is 3. The van der Waals surface area contributed by atoms with Gasteiger partial charge in [0.25, 0.3) is 5.91 Å². The van der Waals surface area contributed by atoms with Gasteiger partial charge < -0.3 is 20.2 Å². The van der Waals surface area contributed by atoms with Crippen LogP contribution >= 0.6 is 23.2 Å². The van der Waals surface area contributed by atoms with Crippen molar-refractivity contribution >= 4 is 47.0 Å². The van der Waals surface area contributed by atoms with Crippen LogP contribution in [0.25, 0.3) is 0 Å². The quantitative estimate of drug-likeness (QED) is 0.343. The van der Waals surface area contributed by atoms with E-state index in [4.69, 9.17) is 23.2 Å². The van der Waals surface area contributed by atoms with Gasteiger partial charge in [0.15, 0.2) is 0 Å². The van der Waals surface area contributed by atoms with Crippen molar-refractivity contribution in [2.45, 2.75) is 31.8 Å². The number of hydrogen-bond donors (Lipinski definition) is 3. The van der Waals surface area contributed by atoms with Crippen LogP contribution in [0.5, 0.6) is 0 Å². The Morgan fingerprint density at radius 3 is 2.00 bits per heavy atom. The summed E-state index contributed by atoms with van der Waals surface area (Å²) < 4.78 is 0. The largest absolute Gasteiger partial charge is 0.478 e. The molecule has 0 unspecified atom stereocenters. The molecule has 0 saturated carbocycles. The number of hydrogen-bond acceptors (Lipinski definition) is 4. The Hall–Kier alpha value is -3.88. The van der Waals surface area contributed by atoms with Crippen molar-refractivity contribution in [3.63, 3.8) is 0 Å². The molecule has 0 radical (unpaired) electrons. The van der Waals surface area contributed by atoms with E-state index in [1.54, 1.807) is 18.2 Å². The molecule has 0 aliphatic heterocycles. The fourth-order valence-corrected chi connectivity index (χ4v) is 4.99. The number of aromatic carboxylic acids is 3. The van der Waals surface area contributed by atoms with Crippen molar-refractivity contribution < 1.29 is 34.5 Å². The van der Waals surface area contributed by atoms with Crippen LogP contribution in [-0.4, -0.2) is 44.0 Å². The second kappa shape index (κ2) is 10.6. The average Bonchev–Trinajstić information content (AvgIpc) is 2.87. The van der Waals surface area contributed by atoms with Crippen molar-refractivity contribution in [2.24, 2.45) is 0 Å². The van der Waals surface area contributed by atoms with Gasteiger partial charge in [-0.1, -0.05) is 53.5 Å². The number of halogens is 2. The lowest BCUT2D eigenvalue weighted by molar-refractivity contribution is 0.0611. The lowest BCUT2D eigenvalue weighted by Crippen LogP contribution is -2.37. The van der Waals surface area contributed by atoms with Crippen LogP contribution in [0, 0.1) is 0 Å². The lowest BCUT2D eigenvalue weighted by atomic mass is 9.86. The fraction of sp³-hybridized carbons (Fsp3) is 0.185. The van der Waals surface area contributed by atoms with Crippen molar-refractivity contribution in [1.29, 1.82) is 0 Å². The minimum Gasteiger partial charge on any atom is -0.478 e. The van der Waals surface area contributed by atoms with Gasteiger partial charge in [-0.2, -0.15) is 0 Å². The van der Waals surface area contributed by atoms with E-state index in [1.165, 1.54) is 4.90 Å². The molecule has 10 heteroatoms. The summed E-state index contributed by atoms with van der Waals surface area (Å²) in [6.45, 7) is 0.0247. The Morgan fingerprint density at radius 1 is 0.784 bits per heavy atom. The van der Waals surface area contributed by atoms with E-state index in [9.17, 15) is 34.5 Å². The highest BCUT2D eigenvalue weighted by atomic mass is 35.5. The van der Waals surface area contributed by atoms with Gasteiger partial charge in [0.05, 0.1) is 38.3 Å². The Balaban J connectivity index is 1.89. The maximum atomic E-state index is 14.1. The summed E-state index contributed by atoms with van der Waals surface area (Å²) in [5.41, 5.74) is 0.160. The van der Waals surface area contributed by atoms with Gasteiger partial charge in [0.2, 0.25) is 0 Å². The van der Waals surface area contributed by atoms with E-state index < -0.39 is 52.1 Å². The summed E-state index contributed by atoms with van der Waals surface area (Å²) in [6.07, 6.45) is 2.18. The van der Waals surface area contributed by atoms with E-state index >= 15 is 0 Å². The fourth-order valence-electron chi connectivity index (χ4n) is 4.67. The zero-order valence-electron chi connectivity index (χ0n) is 19.3. The predicted octanol–water partition coefficient (Wildman–Crippen LogP) is 5.81. The van der Waals surface area contributed by atoms with Crippen LogP contribution in [-0.2, 0) is 13.0 Å². The summed E-state index contributed by atoms with van der Waals surface area (Å²) in [5.74, 6) is -5.51. The highest BCUT2D eigenvalue weighted by Gasteiger charge is 2.33. The molecule has 3 aromatic rings. The number of carbonyl (C=O) groups excluding carboxylic acids is 1. The molecule has 190 valence electrons. The van der Waals surface area contributed by atoms with Crippen LogP contribution in [0.4, 0.5) is 0 Å². The van der Waals surface area contributed by atoms with Gasteiger partial charge in [0, 0.05) is 6.54 Å². The first-order chi connectivity index (χ1) is 17.6. The number of carboxylic acid groups (broad SMARTS) is 3. The third-order valence-corrected chi connectivity index (χ3v) is 7.13. The van der Waals surface area contributed by atoms with Gasteiger partial charge in [0.1, 0.15) is 0 Å². The normalized spacial score (nSPS) is 14.5. The van der Waals surface area contributed by atoms with Crippen molar-refractivity contribution in [3.8, 4) is 0 Å². The minimum absolute atomic E-state index is 0.0247. The van der Waals surface area contributed by atoms with Crippen LogP contribution in [0.1, 0.15) is 77.0 Å². The standard InChI is InChI=1S/C27H21Cl2NO7/c28-21-9-8-14(10-22(21)29)13-30(23-7-3-5-15-4-1-2-6-16(15)23)24(31)17-11-19(26(34)35)20(27(36)37)12-18(17)25(32)33/h1-2,4,6,8-12,23H,3,5,7,13H2,(H,32,33)(H,34,35)(H,36,37)/t23-/m0/s1.